The Morgan fingerprint density at radius 1 is 0.875 bits per heavy atom. The van der Waals surface area contributed by atoms with Crippen LogP contribution in [0.25, 0.3) is 11.1 Å². The number of benzene rings is 2. The standard InChI is InChI=1S/C14H9IO/c15-14(16)13-11-7-3-1-5-9(11)10-6-2-4-8-12(10)13/h1-8,13H. The molecule has 2 heteroatoms. The normalized spacial score (nSPS) is 13.3. The van der Waals surface area contributed by atoms with Crippen molar-refractivity contribution in [1.29, 1.82) is 0 Å². The van der Waals surface area contributed by atoms with Gasteiger partial charge in [-0.2, -0.15) is 0 Å². The van der Waals surface area contributed by atoms with Crippen LogP contribution in [0.1, 0.15) is 17.0 Å². The van der Waals surface area contributed by atoms with Gasteiger partial charge < -0.3 is 0 Å². The van der Waals surface area contributed by atoms with Crippen LogP contribution in [0.5, 0.6) is 0 Å². The lowest BCUT2D eigenvalue weighted by atomic mass is 9.99. The maximum atomic E-state index is 11.8. The largest absolute Gasteiger partial charge is 0.287 e. The summed E-state index contributed by atoms with van der Waals surface area (Å²) in [7, 11) is 0. The second kappa shape index (κ2) is 3.70. The van der Waals surface area contributed by atoms with Crippen molar-refractivity contribution in [3.8, 4) is 11.1 Å². The Hall–Kier alpha value is -1.16. The van der Waals surface area contributed by atoms with Crippen molar-refractivity contribution < 1.29 is 4.79 Å². The number of hydrogen-bond donors (Lipinski definition) is 0. The molecule has 16 heavy (non-hydrogen) atoms. The first kappa shape index (κ1) is 10.0. The van der Waals surface area contributed by atoms with E-state index in [1.807, 2.05) is 46.9 Å². The number of fused-ring (bicyclic) bond motifs is 3. The zero-order chi connectivity index (χ0) is 11.1. The highest BCUT2D eigenvalue weighted by atomic mass is 127. The zero-order valence-electron chi connectivity index (χ0n) is 8.48. The highest BCUT2D eigenvalue weighted by molar-refractivity contribution is 14.1. The molecule has 0 N–H and O–H groups in total. The van der Waals surface area contributed by atoms with Crippen molar-refractivity contribution in [2.45, 2.75) is 5.92 Å². The van der Waals surface area contributed by atoms with Crippen LogP contribution in [0.4, 0.5) is 0 Å². The first-order chi connectivity index (χ1) is 7.79. The van der Waals surface area contributed by atoms with Gasteiger partial charge in [0.05, 0.1) is 5.92 Å². The van der Waals surface area contributed by atoms with E-state index in [4.69, 9.17) is 0 Å². The van der Waals surface area contributed by atoms with Crippen molar-refractivity contribution >= 4 is 26.4 Å². The van der Waals surface area contributed by atoms with E-state index in [9.17, 15) is 4.79 Å². The Kier molecular flexibility index (Phi) is 2.32. The zero-order valence-corrected chi connectivity index (χ0v) is 10.6. The minimum absolute atomic E-state index is 0.0759. The maximum absolute atomic E-state index is 11.8. The highest BCUT2D eigenvalue weighted by Crippen LogP contribution is 2.45. The van der Waals surface area contributed by atoms with Crippen LogP contribution >= 0.6 is 22.6 Å². The Morgan fingerprint density at radius 3 is 1.75 bits per heavy atom. The second-order valence-corrected chi connectivity index (χ2v) is 4.97. The molecule has 0 spiro atoms. The van der Waals surface area contributed by atoms with Crippen LogP contribution in [0.2, 0.25) is 0 Å². The quantitative estimate of drug-likeness (QED) is 0.578. The fourth-order valence-electron chi connectivity index (χ4n) is 2.40. The maximum Gasteiger partial charge on any atom is 0.204 e. The topological polar surface area (TPSA) is 17.1 Å². The summed E-state index contributed by atoms with van der Waals surface area (Å²) in [5, 5.41) is 0. The van der Waals surface area contributed by atoms with E-state index >= 15 is 0 Å². The molecule has 78 valence electrons. The summed E-state index contributed by atoms with van der Waals surface area (Å²) >= 11 is 1.90. The molecule has 0 atom stereocenters. The lowest BCUT2D eigenvalue weighted by molar-refractivity contribution is -0.109. The molecule has 2 aromatic carbocycles. The first-order valence-corrected chi connectivity index (χ1v) is 6.24. The first-order valence-electron chi connectivity index (χ1n) is 5.16. The van der Waals surface area contributed by atoms with Gasteiger partial charge in [-0.1, -0.05) is 48.5 Å². The molecule has 1 nitrogen and oxygen atoms in total. The summed E-state index contributed by atoms with van der Waals surface area (Å²) in [5.41, 5.74) is 4.69. The van der Waals surface area contributed by atoms with Crippen molar-refractivity contribution in [3.05, 3.63) is 59.7 Å². The van der Waals surface area contributed by atoms with Gasteiger partial charge in [0, 0.05) is 22.6 Å². The Morgan fingerprint density at radius 2 is 1.31 bits per heavy atom. The Bertz CT molecular complexity index is 529. The van der Waals surface area contributed by atoms with Crippen LogP contribution in [0.15, 0.2) is 48.5 Å². The van der Waals surface area contributed by atoms with Gasteiger partial charge in [-0.05, 0) is 22.3 Å². The van der Waals surface area contributed by atoms with E-state index in [2.05, 4.69) is 24.3 Å². The average molecular weight is 320 g/mol. The van der Waals surface area contributed by atoms with E-state index in [1.54, 1.807) is 0 Å². The van der Waals surface area contributed by atoms with Crippen LogP contribution in [-0.4, -0.2) is 3.79 Å². The molecular weight excluding hydrogens is 311 g/mol. The van der Waals surface area contributed by atoms with Crippen LogP contribution in [0, 0.1) is 0 Å². The highest BCUT2D eigenvalue weighted by Gasteiger charge is 2.31. The van der Waals surface area contributed by atoms with Gasteiger partial charge in [0.15, 0.2) is 0 Å². The summed E-state index contributed by atoms with van der Waals surface area (Å²) < 4.78 is 0.190. The monoisotopic (exact) mass is 320 g/mol. The molecule has 0 heterocycles. The Balaban J connectivity index is 2.34. The molecule has 0 aliphatic heterocycles. The molecule has 2 aromatic rings. The molecule has 0 saturated heterocycles. The lowest BCUT2D eigenvalue weighted by Gasteiger charge is -2.07. The van der Waals surface area contributed by atoms with Gasteiger partial charge in [-0.3, -0.25) is 4.79 Å². The van der Waals surface area contributed by atoms with Gasteiger partial charge in [-0.15, -0.1) is 0 Å². The SMILES string of the molecule is O=C(I)C1c2ccccc2-c2ccccc21. The van der Waals surface area contributed by atoms with Crippen LogP contribution in [-0.2, 0) is 4.79 Å². The van der Waals surface area contributed by atoms with E-state index in [-0.39, 0.29) is 9.71 Å². The number of rotatable bonds is 1. The van der Waals surface area contributed by atoms with Crippen molar-refractivity contribution in [2.75, 3.05) is 0 Å². The van der Waals surface area contributed by atoms with Gasteiger partial charge in [0.25, 0.3) is 0 Å². The van der Waals surface area contributed by atoms with Gasteiger partial charge in [0.2, 0.25) is 3.79 Å². The molecule has 0 saturated carbocycles. The van der Waals surface area contributed by atoms with Crippen molar-refractivity contribution in [1.82, 2.24) is 0 Å². The minimum atomic E-state index is -0.0759. The third-order valence-electron chi connectivity index (χ3n) is 3.06. The molecular formula is C14H9IO. The van der Waals surface area contributed by atoms with E-state index in [0.29, 0.717) is 0 Å². The summed E-state index contributed by atoms with van der Waals surface area (Å²) in [6.07, 6.45) is 0. The smallest absolute Gasteiger partial charge is 0.204 e. The summed E-state index contributed by atoms with van der Waals surface area (Å²) in [4.78, 5) is 11.8. The van der Waals surface area contributed by atoms with E-state index in [0.717, 1.165) is 11.1 Å². The summed E-state index contributed by atoms with van der Waals surface area (Å²) in [6.45, 7) is 0. The number of carbonyl (C=O) groups is 1. The van der Waals surface area contributed by atoms with Gasteiger partial charge >= 0.3 is 0 Å². The molecule has 1 aliphatic rings. The number of carbonyl (C=O) groups excluding carboxylic acids is 1. The summed E-state index contributed by atoms with van der Waals surface area (Å²) in [6, 6.07) is 16.3. The third-order valence-corrected chi connectivity index (χ3v) is 3.68. The molecule has 0 amide bonds. The molecule has 1 aliphatic carbocycles. The molecule has 0 aromatic heterocycles. The third kappa shape index (κ3) is 1.33. The average Bonchev–Trinajstić information content (AvgIpc) is 2.63. The molecule has 0 radical (unpaired) electrons. The summed E-state index contributed by atoms with van der Waals surface area (Å²) in [5.74, 6) is -0.0759. The molecule has 3 rings (SSSR count). The number of hydrogen-bond acceptors (Lipinski definition) is 1. The predicted octanol–water partition coefficient (Wildman–Crippen LogP) is 3.76. The van der Waals surface area contributed by atoms with Gasteiger partial charge in [-0.25, -0.2) is 0 Å². The molecule has 0 fully saturated rings. The van der Waals surface area contributed by atoms with E-state index < -0.39 is 0 Å². The van der Waals surface area contributed by atoms with E-state index in [1.165, 1.54) is 11.1 Å². The fraction of sp³-hybridized carbons (Fsp3) is 0.0714. The van der Waals surface area contributed by atoms with Crippen LogP contribution in [0.3, 0.4) is 0 Å². The lowest BCUT2D eigenvalue weighted by Crippen LogP contribution is -2.03. The van der Waals surface area contributed by atoms with Crippen molar-refractivity contribution in [2.24, 2.45) is 0 Å². The number of halogens is 1. The molecule has 0 unspecified atom stereocenters. The van der Waals surface area contributed by atoms with Crippen molar-refractivity contribution in [3.63, 3.8) is 0 Å². The second-order valence-electron chi connectivity index (χ2n) is 3.91. The fourth-order valence-corrected chi connectivity index (χ4v) is 3.07. The molecule has 0 bridgehead atoms. The predicted molar refractivity (Wildman–Crippen MR) is 72.7 cm³/mol. The van der Waals surface area contributed by atoms with Gasteiger partial charge in [0.1, 0.15) is 0 Å². The Labute approximate surface area is 108 Å². The minimum Gasteiger partial charge on any atom is -0.287 e. The van der Waals surface area contributed by atoms with Crippen LogP contribution < -0.4 is 0 Å².